The van der Waals surface area contributed by atoms with E-state index in [1.807, 2.05) is 13.0 Å². The number of anilines is 3. The van der Waals surface area contributed by atoms with Gasteiger partial charge in [-0.05, 0) is 56.9 Å². The molecule has 2 rings (SSSR count). The molecule has 0 aliphatic heterocycles. The molecule has 1 aromatic carbocycles. The molecule has 0 aliphatic carbocycles. The van der Waals surface area contributed by atoms with E-state index in [1.165, 1.54) is 11.1 Å². The highest BCUT2D eigenvalue weighted by Gasteiger charge is 2.10. The van der Waals surface area contributed by atoms with Crippen molar-refractivity contribution in [3.05, 3.63) is 41.1 Å². The van der Waals surface area contributed by atoms with E-state index in [0.29, 0.717) is 0 Å². The first-order valence-electron chi connectivity index (χ1n) is 8.48. The second kappa shape index (κ2) is 7.95. The molecule has 0 aliphatic rings. The van der Waals surface area contributed by atoms with Gasteiger partial charge in [-0.2, -0.15) is 4.98 Å². The van der Waals surface area contributed by atoms with Crippen LogP contribution >= 0.6 is 0 Å². The highest BCUT2D eigenvalue weighted by molar-refractivity contribution is 5.59. The molecule has 0 fully saturated rings. The van der Waals surface area contributed by atoms with Crippen molar-refractivity contribution >= 4 is 17.5 Å². The van der Waals surface area contributed by atoms with Gasteiger partial charge in [0.1, 0.15) is 5.82 Å². The Morgan fingerprint density at radius 3 is 2.22 bits per heavy atom. The lowest BCUT2D eigenvalue weighted by Crippen LogP contribution is -2.27. The van der Waals surface area contributed by atoms with E-state index in [9.17, 15) is 0 Å². The highest BCUT2D eigenvalue weighted by Crippen LogP contribution is 2.21. The van der Waals surface area contributed by atoms with E-state index in [2.05, 4.69) is 61.1 Å². The second-order valence-electron chi connectivity index (χ2n) is 6.11. The van der Waals surface area contributed by atoms with E-state index in [4.69, 9.17) is 4.98 Å². The zero-order valence-electron chi connectivity index (χ0n) is 15.0. The molecule has 1 heterocycles. The molecule has 124 valence electrons. The van der Waals surface area contributed by atoms with E-state index in [-0.39, 0.29) is 0 Å². The number of aryl methyl sites for hydroxylation is 3. The van der Waals surface area contributed by atoms with Gasteiger partial charge in [-0.25, -0.2) is 4.98 Å². The first-order valence-corrected chi connectivity index (χ1v) is 8.48. The van der Waals surface area contributed by atoms with Gasteiger partial charge in [-0.15, -0.1) is 0 Å². The van der Waals surface area contributed by atoms with Crippen LogP contribution in [0.1, 0.15) is 43.5 Å². The van der Waals surface area contributed by atoms with E-state index in [1.54, 1.807) is 0 Å². The van der Waals surface area contributed by atoms with Crippen molar-refractivity contribution in [2.75, 3.05) is 23.3 Å². The number of hydrogen-bond acceptors (Lipinski definition) is 4. The van der Waals surface area contributed by atoms with Crippen molar-refractivity contribution < 1.29 is 0 Å². The summed E-state index contributed by atoms with van der Waals surface area (Å²) in [5.74, 6) is 1.67. The lowest BCUT2D eigenvalue weighted by atomic mass is 10.1. The summed E-state index contributed by atoms with van der Waals surface area (Å²) in [6.07, 6.45) is 2.19. The Kier molecular flexibility index (Phi) is 5.97. The Bertz CT molecular complexity index is 646. The second-order valence-corrected chi connectivity index (χ2v) is 6.11. The predicted octanol–water partition coefficient (Wildman–Crippen LogP) is 4.77. The van der Waals surface area contributed by atoms with Gasteiger partial charge in [0.15, 0.2) is 0 Å². The first-order chi connectivity index (χ1) is 11.0. The highest BCUT2D eigenvalue weighted by atomic mass is 15.3. The minimum atomic E-state index is 0.819. The zero-order chi connectivity index (χ0) is 16.8. The van der Waals surface area contributed by atoms with Crippen LogP contribution in [0.4, 0.5) is 17.5 Å². The summed E-state index contributed by atoms with van der Waals surface area (Å²) in [6, 6.07) is 8.37. The molecule has 0 atom stereocenters. The molecule has 0 saturated heterocycles. The smallest absolute Gasteiger partial charge is 0.227 e. The topological polar surface area (TPSA) is 41.1 Å². The average molecular weight is 312 g/mol. The minimum Gasteiger partial charge on any atom is -0.341 e. The SMILES string of the molecule is CCCN(CCC)c1nc(C)cc(Nc2ccc(C)c(C)c2)n1. The molecule has 4 heteroatoms. The van der Waals surface area contributed by atoms with Gasteiger partial charge < -0.3 is 10.2 Å². The fraction of sp³-hybridized carbons (Fsp3) is 0.474. The molecule has 1 aromatic heterocycles. The molecule has 0 bridgehead atoms. The number of nitrogens with zero attached hydrogens (tertiary/aromatic N) is 3. The van der Waals surface area contributed by atoms with Crippen molar-refractivity contribution in [3.63, 3.8) is 0 Å². The first kappa shape index (κ1) is 17.3. The van der Waals surface area contributed by atoms with Gasteiger partial charge in [0.05, 0.1) is 0 Å². The normalized spacial score (nSPS) is 10.7. The lowest BCUT2D eigenvalue weighted by molar-refractivity contribution is 0.720. The summed E-state index contributed by atoms with van der Waals surface area (Å²) in [4.78, 5) is 11.6. The Labute approximate surface area is 140 Å². The number of rotatable bonds is 7. The summed E-state index contributed by atoms with van der Waals surface area (Å²) >= 11 is 0. The van der Waals surface area contributed by atoms with E-state index < -0.39 is 0 Å². The Hall–Kier alpha value is -2.10. The van der Waals surface area contributed by atoms with Crippen LogP contribution in [0.25, 0.3) is 0 Å². The summed E-state index contributed by atoms with van der Waals surface area (Å²) < 4.78 is 0. The van der Waals surface area contributed by atoms with Gasteiger partial charge in [-0.3, -0.25) is 0 Å². The van der Waals surface area contributed by atoms with Crippen LogP contribution in [-0.4, -0.2) is 23.1 Å². The molecule has 2 aromatic rings. The Morgan fingerprint density at radius 1 is 0.913 bits per heavy atom. The Morgan fingerprint density at radius 2 is 1.61 bits per heavy atom. The predicted molar refractivity (Wildman–Crippen MR) is 98.8 cm³/mol. The third kappa shape index (κ3) is 4.68. The summed E-state index contributed by atoms with van der Waals surface area (Å²) in [7, 11) is 0. The molecule has 0 unspecified atom stereocenters. The van der Waals surface area contributed by atoms with Gasteiger partial charge >= 0.3 is 0 Å². The molecule has 0 radical (unpaired) electrons. The standard InChI is InChI=1S/C19H28N4/c1-6-10-23(11-7-2)19-20-16(5)13-18(22-19)21-17-9-8-14(3)15(4)12-17/h8-9,12-13H,6-7,10-11H2,1-5H3,(H,20,21,22). The summed E-state index contributed by atoms with van der Waals surface area (Å²) in [5, 5.41) is 3.41. The van der Waals surface area contributed by atoms with Crippen LogP contribution in [0.15, 0.2) is 24.3 Å². The van der Waals surface area contributed by atoms with Crippen molar-refractivity contribution in [3.8, 4) is 0 Å². The molecular weight excluding hydrogens is 284 g/mol. The summed E-state index contributed by atoms with van der Waals surface area (Å²) in [5.41, 5.74) is 4.62. The quantitative estimate of drug-likeness (QED) is 0.799. The monoisotopic (exact) mass is 312 g/mol. The third-order valence-corrected chi connectivity index (χ3v) is 3.89. The number of aromatic nitrogens is 2. The van der Waals surface area contributed by atoms with Crippen LogP contribution < -0.4 is 10.2 Å². The molecule has 4 nitrogen and oxygen atoms in total. The number of nitrogens with one attached hydrogen (secondary N) is 1. The van der Waals surface area contributed by atoms with Gasteiger partial charge in [0.2, 0.25) is 5.95 Å². The molecule has 0 amide bonds. The largest absolute Gasteiger partial charge is 0.341 e. The van der Waals surface area contributed by atoms with Crippen LogP contribution in [-0.2, 0) is 0 Å². The summed E-state index contributed by atoms with van der Waals surface area (Å²) in [6.45, 7) is 12.6. The third-order valence-electron chi connectivity index (χ3n) is 3.89. The number of benzene rings is 1. The fourth-order valence-corrected chi connectivity index (χ4v) is 2.58. The molecule has 0 saturated carbocycles. The molecular formula is C19H28N4. The molecule has 1 N–H and O–H groups in total. The maximum absolute atomic E-state index is 4.72. The zero-order valence-corrected chi connectivity index (χ0v) is 15.0. The van der Waals surface area contributed by atoms with Crippen molar-refractivity contribution in [2.45, 2.75) is 47.5 Å². The molecule has 23 heavy (non-hydrogen) atoms. The maximum atomic E-state index is 4.72. The van der Waals surface area contributed by atoms with Crippen LogP contribution in [0.2, 0.25) is 0 Å². The van der Waals surface area contributed by atoms with Gasteiger partial charge in [-0.1, -0.05) is 19.9 Å². The van der Waals surface area contributed by atoms with E-state index in [0.717, 1.165) is 49.1 Å². The fourth-order valence-electron chi connectivity index (χ4n) is 2.58. The van der Waals surface area contributed by atoms with Crippen molar-refractivity contribution in [1.29, 1.82) is 0 Å². The van der Waals surface area contributed by atoms with Crippen LogP contribution in [0, 0.1) is 20.8 Å². The van der Waals surface area contributed by atoms with Gasteiger partial charge in [0, 0.05) is 30.5 Å². The minimum absolute atomic E-state index is 0.819. The van der Waals surface area contributed by atoms with Crippen LogP contribution in [0.3, 0.4) is 0 Å². The average Bonchev–Trinajstić information content (AvgIpc) is 2.50. The Balaban J connectivity index is 2.26. The van der Waals surface area contributed by atoms with Crippen molar-refractivity contribution in [1.82, 2.24) is 9.97 Å². The molecule has 0 spiro atoms. The maximum Gasteiger partial charge on any atom is 0.227 e. The lowest BCUT2D eigenvalue weighted by Gasteiger charge is -2.22. The van der Waals surface area contributed by atoms with Crippen LogP contribution in [0.5, 0.6) is 0 Å². The van der Waals surface area contributed by atoms with E-state index >= 15 is 0 Å². The van der Waals surface area contributed by atoms with Crippen molar-refractivity contribution in [2.24, 2.45) is 0 Å². The number of hydrogen-bond donors (Lipinski definition) is 1. The van der Waals surface area contributed by atoms with Gasteiger partial charge in [0.25, 0.3) is 0 Å².